The number of carbonyl (C=O) groups excluding carboxylic acids is 1. The topological polar surface area (TPSA) is 74.7 Å². The third-order valence-electron chi connectivity index (χ3n) is 6.23. The van der Waals surface area contributed by atoms with E-state index in [0.29, 0.717) is 23.9 Å². The number of aryl methyl sites for hydroxylation is 2. The second-order valence-electron chi connectivity index (χ2n) is 8.10. The van der Waals surface area contributed by atoms with Crippen LogP contribution >= 0.6 is 0 Å². The Hall–Kier alpha value is -2.34. The van der Waals surface area contributed by atoms with Gasteiger partial charge in [0.1, 0.15) is 5.75 Å². The summed E-state index contributed by atoms with van der Waals surface area (Å²) in [5.74, 6) is 0.405. The Balaban J connectivity index is 1.31. The molecule has 1 saturated heterocycles. The van der Waals surface area contributed by atoms with Gasteiger partial charge in [-0.25, -0.2) is 8.42 Å². The van der Waals surface area contributed by atoms with E-state index >= 15 is 0 Å². The molecule has 0 aromatic heterocycles. The van der Waals surface area contributed by atoms with Gasteiger partial charge in [0.05, 0.1) is 10.6 Å². The van der Waals surface area contributed by atoms with Crippen LogP contribution < -0.4 is 0 Å². The number of likely N-dealkylation sites (tertiary alicyclic amines) is 1. The van der Waals surface area contributed by atoms with Crippen molar-refractivity contribution >= 4 is 15.7 Å². The number of rotatable bonds is 5. The SMILES string of the molecule is O=C(CCS(=O)(=O)c1ccc2c(c1)CCC2)N1CCC(c2ccc(O)cc2)CC1. The molecule has 1 heterocycles. The Morgan fingerprint density at radius 3 is 2.41 bits per heavy atom. The molecule has 0 bridgehead atoms. The van der Waals surface area contributed by atoms with Crippen molar-refractivity contribution in [1.29, 1.82) is 0 Å². The molecule has 4 rings (SSSR count). The number of hydrogen-bond acceptors (Lipinski definition) is 4. The van der Waals surface area contributed by atoms with Gasteiger partial charge in [0.2, 0.25) is 5.91 Å². The lowest BCUT2D eigenvalue weighted by Crippen LogP contribution is -2.38. The van der Waals surface area contributed by atoms with Gasteiger partial charge < -0.3 is 10.0 Å². The highest BCUT2D eigenvalue weighted by Gasteiger charge is 2.26. The maximum atomic E-state index is 12.7. The van der Waals surface area contributed by atoms with Gasteiger partial charge in [0.15, 0.2) is 9.84 Å². The van der Waals surface area contributed by atoms with Crippen LogP contribution in [0.2, 0.25) is 0 Å². The van der Waals surface area contributed by atoms with Crippen molar-refractivity contribution in [2.24, 2.45) is 0 Å². The molecule has 0 radical (unpaired) electrons. The zero-order chi connectivity index (χ0) is 20.4. The Morgan fingerprint density at radius 2 is 1.69 bits per heavy atom. The summed E-state index contributed by atoms with van der Waals surface area (Å²) in [6, 6.07) is 12.7. The highest BCUT2D eigenvalue weighted by atomic mass is 32.2. The molecule has 0 atom stereocenters. The first-order valence-electron chi connectivity index (χ1n) is 10.3. The molecular formula is C23H27NO4S. The van der Waals surface area contributed by atoms with Crippen LogP contribution in [0.3, 0.4) is 0 Å². The molecule has 0 spiro atoms. The lowest BCUT2D eigenvalue weighted by atomic mass is 9.89. The van der Waals surface area contributed by atoms with Gasteiger partial charge in [-0.3, -0.25) is 4.79 Å². The van der Waals surface area contributed by atoms with E-state index in [9.17, 15) is 18.3 Å². The largest absolute Gasteiger partial charge is 0.508 e. The molecule has 1 aliphatic heterocycles. The first kappa shape index (κ1) is 20.0. The lowest BCUT2D eigenvalue weighted by Gasteiger charge is -2.32. The summed E-state index contributed by atoms with van der Waals surface area (Å²) in [5, 5.41) is 9.42. The number of sulfone groups is 1. The van der Waals surface area contributed by atoms with Crippen molar-refractivity contribution in [2.45, 2.75) is 49.3 Å². The van der Waals surface area contributed by atoms with E-state index in [1.807, 2.05) is 18.2 Å². The van der Waals surface area contributed by atoms with Gasteiger partial charge in [0, 0.05) is 19.5 Å². The number of nitrogens with zero attached hydrogens (tertiary/aromatic N) is 1. The molecule has 2 aliphatic rings. The van der Waals surface area contributed by atoms with Gasteiger partial charge in [-0.15, -0.1) is 0 Å². The average Bonchev–Trinajstić information content (AvgIpc) is 3.21. The zero-order valence-corrected chi connectivity index (χ0v) is 17.3. The summed E-state index contributed by atoms with van der Waals surface area (Å²) in [5.41, 5.74) is 3.55. The van der Waals surface area contributed by atoms with Crippen LogP contribution in [0.15, 0.2) is 47.4 Å². The maximum Gasteiger partial charge on any atom is 0.223 e. The Morgan fingerprint density at radius 1 is 1.00 bits per heavy atom. The molecule has 1 aliphatic carbocycles. The number of phenols is 1. The molecule has 1 amide bonds. The first-order chi connectivity index (χ1) is 13.9. The first-order valence-corrected chi connectivity index (χ1v) is 12.0. The Labute approximate surface area is 172 Å². The van der Waals surface area contributed by atoms with Crippen molar-refractivity contribution in [3.05, 3.63) is 59.2 Å². The van der Waals surface area contributed by atoms with E-state index in [2.05, 4.69) is 0 Å². The van der Waals surface area contributed by atoms with Crippen LogP contribution in [0.25, 0.3) is 0 Å². The predicted octanol–water partition coefficient (Wildman–Crippen LogP) is 3.45. The number of hydrogen-bond donors (Lipinski definition) is 1. The van der Waals surface area contributed by atoms with E-state index in [1.54, 1.807) is 29.2 Å². The fraction of sp³-hybridized carbons (Fsp3) is 0.435. The predicted molar refractivity (Wildman–Crippen MR) is 112 cm³/mol. The molecule has 6 heteroatoms. The summed E-state index contributed by atoms with van der Waals surface area (Å²) in [4.78, 5) is 14.7. The van der Waals surface area contributed by atoms with Crippen LogP contribution in [0.4, 0.5) is 0 Å². The lowest BCUT2D eigenvalue weighted by molar-refractivity contribution is -0.131. The van der Waals surface area contributed by atoms with E-state index in [4.69, 9.17) is 0 Å². The Bertz CT molecular complexity index is 990. The summed E-state index contributed by atoms with van der Waals surface area (Å²) in [6.45, 7) is 1.28. The van der Waals surface area contributed by atoms with Gasteiger partial charge in [0.25, 0.3) is 0 Å². The minimum Gasteiger partial charge on any atom is -0.508 e. The number of carbonyl (C=O) groups is 1. The average molecular weight is 414 g/mol. The van der Waals surface area contributed by atoms with Gasteiger partial charge in [-0.2, -0.15) is 0 Å². The van der Waals surface area contributed by atoms with E-state index in [0.717, 1.165) is 37.7 Å². The molecule has 1 N–H and O–H groups in total. The summed E-state index contributed by atoms with van der Waals surface area (Å²) in [7, 11) is -3.44. The number of piperidine rings is 1. The number of amides is 1. The molecule has 154 valence electrons. The van der Waals surface area contributed by atoms with Crippen LogP contribution in [-0.2, 0) is 27.5 Å². The molecule has 0 saturated carbocycles. The molecular weight excluding hydrogens is 386 g/mol. The van der Waals surface area contributed by atoms with Crippen LogP contribution in [0, 0.1) is 0 Å². The highest BCUT2D eigenvalue weighted by Crippen LogP contribution is 2.29. The normalized spacial score (nSPS) is 17.3. The van der Waals surface area contributed by atoms with Gasteiger partial charge in [-0.05, 0) is 79.0 Å². The van der Waals surface area contributed by atoms with Crippen molar-refractivity contribution in [2.75, 3.05) is 18.8 Å². The minimum absolute atomic E-state index is 0.0310. The quantitative estimate of drug-likeness (QED) is 0.815. The third kappa shape index (κ3) is 4.47. The second-order valence-corrected chi connectivity index (χ2v) is 10.2. The second kappa shape index (κ2) is 8.19. The fourth-order valence-corrected chi connectivity index (χ4v) is 5.72. The summed E-state index contributed by atoms with van der Waals surface area (Å²) in [6.07, 6.45) is 4.78. The minimum atomic E-state index is -3.44. The third-order valence-corrected chi connectivity index (χ3v) is 7.94. The van der Waals surface area contributed by atoms with Crippen molar-refractivity contribution in [3.63, 3.8) is 0 Å². The van der Waals surface area contributed by atoms with Crippen molar-refractivity contribution < 1.29 is 18.3 Å². The maximum absolute atomic E-state index is 12.7. The number of phenolic OH excluding ortho intramolecular Hbond substituents is 1. The number of fused-ring (bicyclic) bond motifs is 1. The monoisotopic (exact) mass is 413 g/mol. The smallest absolute Gasteiger partial charge is 0.223 e. The van der Waals surface area contributed by atoms with Crippen LogP contribution in [0.5, 0.6) is 5.75 Å². The number of benzene rings is 2. The van der Waals surface area contributed by atoms with Gasteiger partial charge >= 0.3 is 0 Å². The van der Waals surface area contributed by atoms with E-state index < -0.39 is 9.84 Å². The zero-order valence-electron chi connectivity index (χ0n) is 16.5. The molecule has 0 unspecified atom stereocenters. The Kier molecular flexibility index (Phi) is 5.63. The highest BCUT2D eigenvalue weighted by molar-refractivity contribution is 7.91. The summed E-state index contributed by atoms with van der Waals surface area (Å²) >= 11 is 0. The van der Waals surface area contributed by atoms with Crippen LogP contribution in [-0.4, -0.2) is 43.2 Å². The van der Waals surface area contributed by atoms with Crippen LogP contribution in [0.1, 0.15) is 48.3 Å². The number of aromatic hydroxyl groups is 1. The van der Waals surface area contributed by atoms with E-state index in [1.165, 1.54) is 11.1 Å². The summed E-state index contributed by atoms with van der Waals surface area (Å²) < 4.78 is 25.4. The molecule has 29 heavy (non-hydrogen) atoms. The molecule has 5 nitrogen and oxygen atoms in total. The molecule has 2 aromatic rings. The van der Waals surface area contributed by atoms with Crippen molar-refractivity contribution in [1.82, 2.24) is 4.90 Å². The molecule has 2 aromatic carbocycles. The van der Waals surface area contributed by atoms with Crippen molar-refractivity contribution in [3.8, 4) is 5.75 Å². The standard InChI is InChI=1S/C23H27NO4S/c25-21-7-4-18(5-8-21)19-10-13-24(14-11-19)23(26)12-15-29(27,28)22-9-6-17-2-1-3-20(17)16-22/h4-9,16,19,25H,1-3,10-15H2. The molecule has 1 fully saturated rings. The fourth-order valence-electron chi connectivity index (χ4n) is 4.45. The van der Waals surface area contributed by atoms with Gasteiger partial charge in [-0.1, -0.05) is 18.2 Å². The van der Waals surface area contributed by atoms with E-state index in [-0.39, 0.29) is 23.8 Å².